The first-order chi connectivity index (χ1) is 13.8. The molecular formula is C22H24ClN5. The lowest BCUT2D eigenvalue weighted by Gasteiger charge is -2.22. The van der Waals surface area contributed by atoms with Gasteiger partial charge in [0.1, 0.15) is 11.6 Å². The summed E-state index contributed by atoms with van der Waals surface area (Å²) in [7, 11) is 0. The van der Waals surface area contributed by atoms with Gasteiger partial charge in [-0.25, -0.2) is 9.97 Å². The number of rotatable bonds is 6. The molecule has 0 saturated carbocycles. The fourth-order valence-electron chi connectivity index (χ4n) is 3.48. The predicted molar refractivity (Wildman–Crippen MR) is 114 cm³/mol. The summed E-state index contributed by atoms with van der Waals surface area (Å²) in [6.45, 7) is 2.85. The van der Waals surface area contributed by atoms with Crippen LogP contribution < -0.4 is 10.6 Å². The molecule has 2 N–H and O–H groups in total. The van der Waals surface area contributed by atoms with Crippen molar-refractivity contribution in [2.24, 2.45) is 0 Å². The zero-order valence-electron chi connectivity index (χ0n) is 15.7. The molecule has 0 aliphatic carbocycles. The molecule has 0 unspecified atom stereocenters. The number of pyridine rings is 1. The molecule has 0 bridgehead atoms. The highest BCUT2D eigenvalue weighted by molar-refractivity contribution is 6.30. The van der Waals surface area contributed by atoms with Crippen LogP contribution in [0.3, 0.4) is 0 Å². The SMILES string of the molecule is Clc1ccc(CCNc2cc(-c3ccncc3)nc(C3CCNCC3)n2)cc1. The average molecular weight is 394 g/mol. The summed E-state index contributed by atoms with van der Waals surface area (Å²) in [4.78, 5) is 13.8. The Morgan fingerprint density at radius 3 is 2.50 bits per heavy atom. The second-order valence-electron chi connectivity index (χ2n) is 7.06. The maximum Gasteiger partial charge on any atom is 0.134 e. The lowest BCUT2D eigenvalue weighted by atomic mass is 9.97. The van der Waals surface area contributed by atoms with Gasteiger partial charge in [0.25, 0.3) is 0 Å². The number of nitrogens with zero attached hydrogens (tertiary/aromatic N) is 3. The fraction of sp³-hybridized carbons (Fsp3) is 0.318. The van der Waals surface area contributed by atoms with Crippen LogP contribution in [0.4, 0.5) is 5.82 Å². The molecule has 0 amide bonds. The quantitative estimate of drug-likeness (QED) is 0.653. The Morgan fingerprint density at radius 1 is 1.00 bits per heavy atom. The number of piperidine rings is 1. The fourth-order valence-corrected chi connectivity index (χ4v) is 3.60. The Balaban J connectivity index is 1.53. The highest BCUT2D eigenvalue weighted by Gasteiger charge is 2.19. The van der Waals surface area contributed by atoms with Crippen molar-refractivity contribution in [3.05, 3.63) is 71.3 Å². The minimum Gasteiger partial charge on any atom is -0.370 e. The zero-order valence-corrected chi connectivity index (χ0v) is 16.5. The third kappa shape index (κ3) is 4.86. The Labute approximate surface area is 170 Å². The predicted octanol–water partition coefficient (Wildman–Crippen LogP) is 4.31. The summed E-state index contributed by atoms with van der Waals surface area (Å²) in [5.74, 6) is 2.22. The molecule has 5 nitrogen and oxygen atoms in total. The van der Waals surface area contributed by atoms with Crippen LogP contribution in [0.5, 0.6) is 0 Å². The zero-order chi connectivity index (χ0) is 19.2. The molecule has 6 heteroatoms. The van der Waals surface area contributed by atoms with E-state index in [0.717, 1.165) is 66.8 Å². The summed E-state index contributed by atoms with van der Waals surface area (Å²) in [5.41, 5.74) is 3.26. The van der Waals surface area contributed by atoms with Crippen LogP contribution in [0, 0.1) is 0 Å². The van der Waals surface area contributed by atoms with Crippen LogP contribution in [0.15, 0.2) is 54.9 Å². The Bertz CT molecular complexity index is 893. The summed E-state index contributed by atoms with van der Waals surface area (Å²) in [6.07, 6.45) is 6.66. The highest BCUT2D eigenvalue weighted by atomic mass is 35.5. The minimum atomic E-state index is 0.403. The van der Waals surface area contributed by atoms with Crippen molar-refractivity contribution >= 4 is 17.4 Å². The Morgan fingerprint density at radius 2 is 1.75 bits per heavy atom. The van der Waals surface area contributed by atoms with Crippen molar-refractivity contribution in [2.75, 3.05) is 25.0 Å². The number of benzene rings is 1. The molecule has 1 aromatic carbocycles. The maximum absolute atomic E-state index is 5.97. The number of anilines is 1. The number of hydrogen-bond donors (Lipinski definition) is 2. The molecule has 3 heterocycles. The second kappa shape index (κ2) is 9.13. The van der Waals surface area contributed by atoms with Crippen LogP contribution in [0.25, 0.3) is 11.3 Å². The molecule has 28 heavy (non-hydrogen) atoms. The molecule has 0 spiro atoms. The van der Waals surface area contributed by atoms with Crippen LogP contribution in [-0.2, 0) is 6.42 Å². The molecule has 3 aromatic rings. The third-order valence-corrected chi connectivity index (χ3v) is 5.31. The van der Waals surface area contributed by atoms with E-state index >= 15 is 0 Å². The van der Waals surface area contributed by atoms with Gasteiger partial charge >= 0.3 is 0 Å². The van der Waals surface area contributed by atoms with Gasteiger partial charge in [-0.1, -0.05) is 23.7 Å². The van der Waals surface area contributed by atoms with Crippen LogP contribution in [0.2, 0.25) is 5.02 Å². The molecule has 4 rings (SSSR count). The molecule has 0 atom stereocenters. The van der Waals surface area contributed by atoms with Gasteiger partial charge in [-0.15, -0.1) is 0 Å². The minimum absolute atomic E-state index is 0.403. The smallest absolute Gasteiger partial charge is 0.134 e. The number of hydrogen-bond acceptors (Lipinski definition) is 5. The van der Waals surface area contributed by atoms with E-state index in [9.17, 15) is 0 Å². The number of aromatic nitrogens is 3. The van der Waals surface area contributed by atoms with Crippen LogP contribution >= 0.6 is 11.6 Å². The van der Waals surface area contributed by atoms with Crippen molar-refractivity contribution < 1.29 is 0 Å². The molecule has 1 aliphatic rings. The summed E-state index contributed by atoms with van der Waals surface area (Å²) in [5, 5.41) is 7.66. The lowest BCUT2D eigenvalue weighted by Crippen LogP contribution is -2.27. The topological polar surface area (TPSA) is 62.7 Å². The maximum atomic E-state index is 5.97. The first-order valence-electron chi connectivity index (χ1n) is 9.76. The molecule has 1 fully saturated rings. The Hall–Kier alpha value is -2.50. The first-order valence-corrected chi connectivity index (χ1v) is 10.1. The van der Waals surface area contributed by atoms with E-state index in [0.29, 0.717) is 5.92 Å². The highest BCUT2D eigenvalue weighted by Crippen LogP contribution is 2.27. The van der Waals surface area contributed by atoms with Gasteiger partial charge < -0.3 is 10.6 Å². The van der Waals surface area contributed by atoms with Gasteiger partial charge in [-0.05, 0) is 62.2 Å². The van der Waals surface area contributed by atoms with E-state index in [4.69, 9.17) is 21.6 Å². The molecule has 2 aromatic heterocycles. The Kier molecular flexibility index (Phi) is 6.14. The van der Waals surface area contributed by atoms with Crippen molar-refractivity contribution in [3.63, 3.8) is 0 Å². The van der Waals surface area contributed by atoms with E-state index in [2.05, 4.69) is 27.8 Å². The second-order valence-corrected chi connectivity index (χ2v) is 7.50. The van der Waals surface area contributed by atoms with E-state index in [1.807, 2.05) is 30.3 Å². The summed E-state index contributed by atoms with van der Waals surface area (Å²) < 4.78 is 0. The molecule has 1 saturated heterocycles. The van der Waals surface area contributed by atoms with Gasteiger partial charge in [0, 0.05) is 41.5 Å². The average Bonchev–Trinajstić information content (AvgIpc) is 2.76. The summed E-state index contributed by atoms with van der Waals surface area (Å²) in [6, 6.07) is 14.0. The number of halogens is 1. The van der Waals surface area contributed by atoms with Gasteiger partial charge in [0.05, 0.1) is 5.69 Å². The van der Waals surface area contributed by atoms with Crippen molar-refractivity contribution in [1.29, 1.82) is 0 Å². The molecule has 0 radical (unpaired) electrons. The molecular weight excluding hydrogens is 370 g/mol. The van der Waals surface area contributed by atoms with Crippen LogP contribution in [-0.4, -0.2) is 34.6 Å². The lowest BCUT2D eigenvalue weighted by molar-refractivity contribution is 0.445. The normalized spacial score (nSPS) is 14.8. The van der Waals surface area contributed by atoms with Gasteiger partial charge in [0.15, 0.2) is 0 Å². The van der Waals surface area contributed by atoms with E-state index in [1.54, 1.807) is 12.4 Å². The van der Waals surface area contributed by atoms with Crippen molar-refractivity contribution in [1.82, 2.24) is 20.3 Å². The standard InChI is InChI=1S/C22H24ClN5/c23-19-3-1-16(2-4-19)5-14-26-21-15-20(17-6-10-24-11-7-17)27-22(28-21)18-8-12-25-13-9-18/h1-4,6-7,10-11,15,18,25H,5,8-9,12-14H2,(H,26,27,28). The van der Waals surface area contributed by atoms with E-state index in [1.165, 1.54) is 5.56 Å². The first kappa shape index (κ1) is 18.8. The van der Waals surface area contributed by atoms with Crippen molar-refractivity contribution in [3.8, 4) is 11.3 Å². The third-order valence-electron chi connectivity index (χ3n) is 5.06. The van der Waals surface area contributed by atoms with Gasteiger partial charge in [0.2, 0.25) is 0 Å². The van der Waals surface area contributed by atoms with Crippen molar-refractivity contribution in [2.45, 2.75) is 25.2 Å². The van der Waals surface area contributed by atoms with Crippen LogP contribution in [0.1, 0.15) is 30.1 Å². The summed E-state index contributed by atoms with van der Waals surface area (Å²) >= 11 is 5.97. The van der Waals surface area contributed by atoms with E-state index < -0.39 is 0 Å². The number of nitrogens with one attached hydrogen (secondary N) is 2. The molecule has 144 valence electrons. The van der Waals surface area contributed by atoms with Gasteiger partial charge in [-0.2, -0.15) is 0 Å². The monoisotopic (exact) mass is 393 g/mol. The molecule has 1 aliphatic heterocycles. The van der Waals surface area contributed by atoms with E-state index in [-0.39, 0.29) is 0 Å². The largest absolute Gasteiger partial charge is 0.370 e. The van der Waals surface area contributed by atoms with Gasteiger partial charge in [-0.3, -0.25) is 4.98 Å².